The Labute approximate surface area is 111 Å². The molecule has 0 radical (unpaired) electrons. The van der Waals surface area contributed by atoms with Crippen molar-refractivity contribution in [2.24, 2.45) is 0 Å². The van der Waals surface area contributed by atoms with Crippen LogP contribution < -0.4 is 5.73 Å². The van der Waals surface area contributed by atoms with E-state index in [1.807, 2.05) is 0 Å². The Hall–Kier alpha value is -1.89. The summed E-state index contributed by atoms with van der Waals surface area (Å²) in [5, 5.41) is 14.8. The van der Waals surface area contributed by atoms with Gasteiger partial charge in [-0.1, -0.05) is 21.1 Å². The van der Waals surface area contributed by atoms with Crippen LogP contribution in [0.5, 0.6) is 0 Å². The summed E-state index contributed by atoms with van der Waals surface area (Å²) in [7, 11) is 0. The molecule has 0 aliphatic carbocycles. The monoisotopic (exact) mass is 311 g/mol. The van der Waals surface area contributed by atoms with Gasteiger partial charge in [-0.15, -0.1) is 0 Å². The summed E-state index contributed by atoms with van der Waals surface area (Å²) in [5.41, 5.74) is 7.70. The summed E-state index contributed by atoms with van der Waals surface area (Å²) >= 11 is 3.24. The van der Waals surface area contributed by atoms with Crippen LogP contribution in [0.1, 0.15) is 11.5 Å². The Bertz CT molecular complexity index is 617. The molecular formula is C11H10BrN3O3. The maximum absolute atomic E-state index is 10.9. The zero-order valence-corrected chi connectivity index (χ0v) is 11.3. The van der Waals surface area contributed by atoms with Gasteiger partial charge in [0.05, 0.1) is 10.6 Å². The fourth-order valence-electron chi connectivity index (χ4n) is 1.83. The van der Waals surface area contributed by atoms with Gasteiger partial charge in [-0.05, 0) is 19.9 Å². The van der Waals surface area contributed by atoms with Crippen LogP contribution in [0.3, 0.4) is 0 Å². The number of nitrogens with two attached hydrogens (primary N) is 1. The number of nitrogens with zero attached hydrogens (tertiary/aromatic N) is 2. The topological polar surface area (TPSA) is 95.2 Å². The molecule has 2 N–H and O–H groups in total. The molecule has 0 atom stereocenters. The average Bonchev–Trinajstić information content (AvgIpc) is 2.61. The molecule has 0 spiro atoms. The highest BCUT2D eigenvalue weighted by Crippen LogP contribution is 2.39. The van der Waals surface area contributed by atoms with E-state index in [1.165, 1.54) is 6.07 Å². The molecule has 2 rings (SSSR count). The standard InChI is InChI=1S/C11H10BrN3O3/c1-5-10(6(2)18-14-5)8-3-7(12)4-9(11(8)13)15(16)17/h3-4H,13H2,1-2H3. The molecule has 1 aromatic heterocycles. The van der Waals surface area contributed by atoms with Gasteiger partial charge >= 0.3 is 0 Å². The van der Waals surface area contributed by atoms with E-state index in [0.29, 0.717) is 27.1 Å². The number of anilines is 1. The van der Waals surface area contributed by atoms with Gasteiger partial charge in [0, 0.05) is 21.7 Å². The normalized spacial score (nSPS) is 10.6. The molecule has 0 fully saturated rings. The van der Waals surface area contributed by atoms with Crippen LogP contribution in [0.4, 0.5) is 11.4 Å². The molecule has 0 aliphatic rings. The molecule has 1 heterocycles. The van der Waals surface area contributed by atoms with Crippen molar-refractivity contribution in [3.63, 3.8) is 0 Å². The molecule has 0 aliphatic heterocycles. The molecule has 0 amide bonds. The lowest BCUT2D eigenvalue weighted by Crippen LogP contribution is -1.99. The van der Waals surface area contributed by atoms with Gasteiger partial charge in [-0.2, -0.15) is 0 Å². The number of hydrogen-bond donors (Lipinski definition) is 1. The van der Waals surface area contributed by atoms with Crippen molar-refractivity contribution in [1.82, 2.24) is 5.16 Å². The SMILES string of the molecule is Cc1noc(C)c1-c1cc(Br)cc([N+](=O)[O-])c1N. The van der Waals surface area contributed by atoms with E-state index < -0.39 is 4.92 Å². The molecule has 0 saturated carbocycles. The third-order valence-electron chi connectivity index (χ3n) is 2.62. The second-order valence-corrected chi connectivity index (χ2v) is 4.76. The van der Waals surface area contributed by atoms with Gasteiger partial charge in [0.15, 0.2) is 0 Å². The first kappa shape index (κ1) is 12.6. The lowest BCUT2D eigenvalue weighted by atomic mass is 10.0. The first-order chi connectivity index (χ1) is 8.41. The van der Waals surface area contributed by atoms with Gasteiger partial charge in [-0.25, -0.2) is 0 Å². The van der Waals surface area contributed by atoms with E-state index in [2.05, 4.69) is 21.1 Å². The van der Waals surface area contributed by atoms with Crippen molar-refractivity contribution in [1.29, 1.82) is 0 Å². The smallest absolute Gasteiger partial charge is 0.293 e. The molecule has 6 nitrogen and oxygen atoms in total. The minimum atomic E-state index is -0.512. The maximum Gasteiger partial charge on any atom is 0.293 e. The predicted octanol–water partition coefficient (Wildman–Crippen LogP) is 3.21. The minimum Gasteiger partial charge on any atom is -0.393 e. The van der Waals surface area contributed by atoms with Gasteiger partial charge in [-0.3, -0.25) is 10.1 Å². The summed E-state index contributed by atoms with van der Waals surface area (Å²) in [6.45, 7) is 3.50. The van der Waals surface area contributed by atoms with Crippen LogP contribution in [0.2, 0.25) is 0 Å². The number of nitro groups is 1. The lowest BCUT2D eigenvalue weighted by Gasteiger charge is -2.06. The van der Waals surface area contributed by atoms with Crippen molar-refractivity contribution in [2.45, 2.75) is 13.8 Å². The highest BCUT2D eigenvalue weighted by Gasteiger charge is 2.21. The number of halogens is 1. The fourth-order valence-corrected chi connectivity index (χ4v) is 2.27. The first-order valence-corrected chi connectivity index (χ1v) is 5.87. The molecule has 0 unspecified atom stereocenters. The summed E-state index contributed by atoms with van der Waals surface area (Å²) < 4.78 is 5.64. The number of rotatable bonds is 2. The highest BCUT2D eigenvalue weighted by atomic mass is 79.9. The number of aromatic nitrogens is 1. The Morgan fingerprint density at radius 3 is 2.61 bits per heavy atom. The van der Waals surface area contributed by atoms with Crippen molar-refractivity contribution < 1.29 is 9.45 Å². The second kappa shape index (κ2) is 4.41. The quantitative estimate of drug-likeness (QED) is 0.522. The van der Waals surface area contributed by atoms with E-state index in [0.717, 1.165) is 0 Å². The minimum absolute atomic E-state index is 0.109. The average molecular weight is 312 g/mol. The van der Waals surface area contributed by atoms with Crippen LogP contribution in [0.25, 0.3) is 11.1 Å². The fraction of sp³-hybridized carbons (Fsp3) is 0.182. The van der Waals surface area contributed by atoms with E-state index in [1.54, 1.807) is 19.9 Å². The molecule has 2 aromatic rings. The van der Waals surface area contributed by atoms with E-state index in [4.69, 9.17) is 10.3 Å². The largest absolute Gasteiger partial charge is 0.393 e. The Morgan fingerprint density at radius 2 is 2.11 bits per heavy atom. The maximum atomic E-state index is 10.9. The first-order valence-electron chi connectivity index (χ1n) is 5.08. The van der Waals surface area contributed by atoms with Gasteiger partial charge in [0.1, 0.15) is 11.4 Å². The van der Waals surface area contributed by atoms with Crippen LogP contribution >= 0.6 is 15.9 Å². The number of nitrogen functional groups attached to an aromatic ring is 1. The Balaban J connectivity index is 2.76. The molecule has 0 bridgehead atoms. The third kappa shape index (κ3) is 1.97. The summed E-state index contributed by atoms with van der Waals surface area (Å²) in [6.07, 6.45) is 0. The Kier molecular flexibility index (Phi) is 3.08. The molecule has 0 saturated heterocycles. The van der Waals surface area contributed by atoms with E-state index in [9.17, 15) is 10.1 Å². The predicted molar refractivity (Wildman–Crippen MR) is 70.2 cm³/mol. The van der Waals surface area contributed by atoms with Crippen molar-refractivity contribution in [3.8, 4) is 11.1 Å². The highest BCUT2D eigenvalue weighted by molar-refractivity contribution is 9.10. The third-order valence-corrected chi connectivity index (χ3v) is 3.08. The summed E-state index contributed by atoms with van der Waals surface area (Å²) in [5.74, 6) is 0.576. The van der Waals surface area contributed by atoms with Crippen LogP contribution in [-0.2, 0) is 0 Å². The zero-order chi connectivity index (χ0) is 13.4. The molecule has 94 valence electrons. The zero-order valence-electron chi connectivity index (χ0n) is 9.73. The van der Waals surface area contributed by atoms with Crippen LogP contribution in [-0.4, -0.2) is 10.1 Å². The Morgan fingerprint density at radius 1 is 1.44 bits per heavy atom. The van der Waals surface area contributed by atoms with E-state index >= 15 is 0 Å². The molecule has 7 heteroatoms. The van der Waals surface area contributed by atoms with Gasteiger partial charge < -0.3 is 10.3 Å². The molecule has 1 aromatic carbocycles. The number of nitro benzene ring substituents is 1. The van der Waals surface area contributed by atoms with Crippen LogP contribution in [0, 0.1) is 24.0 Å². The van der Waals surface area contributed by atoms with Crippen molar-refractivity contribution >= 4 is 27.3 Å². The number of hydrogen-bond acceptors (Lipinski definition) is 5. The number of aryl methyl sites for hydroxylation is 2. The van der Waals surface area contributed by atoms with Crippen molar-refractivity contribution in [3.05, 3.63) is 38.2 Å². The van der Waals surface area contributed by atoms with Crippen LogP contribution in [0.15, 0.2) is 21.1 Å². The summed E-state index contributed by atoms with van der Waals surface area (Å²) in [6, 6.07) is 3.09. The number of benzene rings is 1. The molecule has 18 heavy (non-hydrogen) atoms. The van der Waals surface area contributed by atoms with E-state index in [-0.39, 0.29) is 11.4 Å². The lowest BCUT2D eigenvalue weighted by molar-refractivity contribution is -0.383. The van der Waals surface area contributed by atoms with Gasteiger partial charge in [0.2, 0.25) is 0 Å². The second-order valence-electron chi connectivity index (χ2n) is 3.84. The summed E-state index contributed by atoms with van der Waals surface area (Å²) in [4.78, 5) is 10.4. The van der Waals surface area contributed by atoms with Gasteiger partial charge in [0.25, 0.3) is 5.69 Å². The van der Waals surface area contributed by atoms with Crippen molar-refractivity contribution in [2.75, 3.05) is 5.73 Å². The molecular weight excluding hydrogens is 302 g/mol.